The molecule has 1 aromatic heterocycles. The van der Waals surface area contributed by atoms with Crippen LogP contribution in [0.4, 0.5) is 0 Å². The van der Waals surface area contributed by atoms with Gasteiger partial charge in [-0.2, -0.15) is 0 Å². The Kier molecular flexibility index (Phi) is 3.20. The number of thiophene rings is 1. The van der Waals surface area contributed by atoms with Crippen molar-refractivity contribution in [2.24, 2.45) is 0 Å². The fourth-order valence-electron chi connectivity index (χ4n) is 1.69. The van der Waals surface area contributed by atoms with E-state index in [0.717, 1.165) is 16.7 Å². The van der Waals surface area contributed by atoms with Crippen LogP contribution in [-0.4, -0.2) is 12.1 Å². The number of rotatable bonds is 3. The zero-order valence-corrected chi connectivity index (χ0v) is 10.5. The van der Waals surface area contributed by atoms with Gasteiger partial charge in [-0.3, -0.25) is 9.59 Å². The van der Waals surface area contributed by atoms with Crippen LogP contribution >= 0.6 is 11.3 Å². The highest BCUT2D eigenvalue weighted by atomic mass is 32.1. The Morgan fingerprint density at radius 3 is 2.53 bits per heavy atom. The standard InChI is InChI=1S/C14H12O2S/c1-9-5-3-4-6-12(9)14(16)13-7-11(8-15)10(2)17-13/h3-8H,1-2H3. The SMILES string of the molecule is Cc1ccccc1C(=O)c1cc(C=O)c(C)s1. The van der Waals surface area contributed by atoms with Crippen LogP contribution in [0.25, 0.3) is 0 Å². The van der Waals surface area contributed by atoms with Crippen molar-refractivity contribution < 1.29 is 9.59 Å². The summed E-state index contributed by atoms with van der Waals surface area (Å²) in [4.78, 5) is 24.5. The van der Waals surface area contributed by atoms with Gasteiger partial charge in [0.25, 0.3) is 0 Å². The van der Waals surface area contributed by atoms with Crippen molar-refractivity contribution in [3.05, 3.63) is 56.8 Å². The van der Waals surface area contributed by atoms with Crippen LogP contribution in [0.2, 0.25) is 0 Å². The van der Waals surface area contributed by atoms with Gasteiger partial charge < -0.3 is 0 Å². The molecule has 1 heterocycles. The number of aldehydes is 1. The molecule has 2 nitrogen and oxygen atoms in total. The summed E-state index contributed by atoms with van der Waals surface area (Å²) in [6.45, 7) is 3.76. The molecule has 0 unspecified atom stereocenters. The summed E-state index contributed by atoms with van der Waals surface area (Å²) >= 11 is 1.37. The molecule has 0 aliphatic rings. The molecule has 0 spiro atoms. The van der Waals surface area contributed by atoms with E-state index in [1.807, 2.05) is 38.1 Å². The molecule has 0 fully saturated rings. The molecule has 1 aromatic carbocycles. The average Bonchev–Trinajstić information content (AvgIpc) is 2.70. The first-order chi connectivity index (χ1) is 8.13. The van der Waals surface area contributed by atoms with E-state index in [-0.39, 0.29) is 5.78 Å². The van der Waals surface area contributed by atoms with Gasteiger partial charge in [-0.05, 0) is 25.5 Å². The quantitative estimate of drug-likeness (QED) is 0.612. The van der Waals surface area contributed by atoms with Crippen molar-refractivity contribution in [2.75, 3.05) is 0 Å². The van der Waals surface area contributed by atoms with E-state index in [2.05, 4.69) is 0 Å². The maximum atomic E-state index is 12.2. The molecule has 0 amide bonds. The number of benzene rings is 1. The van der Waals surface area contributed by atoms with Crippen molar-refractivity contribution in [3.8, 4) is 0 Å². The fourth-order valence-corrected chi connectivity index (χ4v) is 2.63. The first-order valence-electron chi connectivity index (χ1n) is 5.29. The van der Waals surface area contributed by atoms with Gasteiger partial charge in [-0.1, -0.05) is 24.3 Å². The van der Waals surface area contributed by atoms with Crippen LogP contribution in [0.1, 0.15) is 36.0 Å². The highest BCUT2D eigenvalue weighted by Gasteiger charge is 2.15. The molecule has 0 saturated carbocycles. The summed E-state index contributed by atoms with van der Waals surface area (Å²) in [5.41, 5.74) is 2.26. The third-order valence-corrected chi connectivity index (χ3v) is 3.76. The Labute approximate surface area is 104 Å². The first kappa shape index (κ1) is 11.7. The zero-order chi connectivity index (χ0) is 12.4. The molecule has 0 saturated heterocycles. The minimum atomic E-state index is -0.00991. The van der Waals surface area contributed by atoms with Crippen molar-refractivity contribution >= 4 is 23.4 Å². The smallest absolute Gasteiger partial charge is 0.203 e. The summed E-state index contributed by atoms with van der Waals surface area (Å²) in [5.74, 6) is -0.00991. The highest BCUT2D eigenvalue weighted by Crippen LogP contribution is 2.24. The zero-order valence-electron chi connectivity index (χ0n) is 9.69. The van der Waals surface area contributed by atoms with E-state index in [4.69, 9.17) is 0 Å². The van der Waals surface area contributed by atoms with Crippen molar-refractivity contribution in [1.29, 1.82) is 0 Å². The van der Waals surface area contributed by atoms with Gasteiger partial charge in [-0.15, -0.1) is 11.3 Å². The lowest BCUT2D eigenvalue weighted by molar-refractivity contribution is 0.104. The van der Waals surface area contributed by atoms with Crippen LogP contribution in [-0.2, 0) is 0 Å². The molecule has 0 aliphatic carbocycles. The lowest BCUT2D eigenvalue weighted by Gasteiger charge is -2.01. The average molecular weight is 244 g/mol. The Hall–Kier alpha value is -1.74. The molecule has 0 N–H and O–H groups in total. The first-order valence-corrected chi connectivity index (χ1v) is 6.11. The van der Waals surface area contributed by atoms with Gasteiger partial charge in [0.1, 0.15) is 0 Å². The lowest BCUT2D eigenvalue weighted by Crippen LogP contribution is -2.00. The van der Waals surface area contributed by atoms with E-state index in [1.54, 1.807) is 6.07 Å². The van der Waals surface area contributed by atoms with Gasteiger partial charge in [-0.25, -0.2) is 0 Å². The Morgan fingerprint density at radius 1 is 1.24 bits per heavy atom. The lowest BCUT2D eigenvalue weighted by atomic mass is 10.0. The van der Waals surface area contributed by atoms with Crippen LogP contribution < -0.4 is 0 Å². The summed E-state index contributed by atoms with van der Waals surface area (Å²) in [6.07, 6.45) is 0.792. The third-order valence-electron chi connectivity index (χ3n) is 2.70. The van der Waals surface area contributed by atoms with E-state index in [9.17, 15) is 9.59 Å². The number of carbonyl (C=O) groups is 2. The summed E-state index contributed by atoms with van der Waals surface area (Å²) < 4.78 is 0. The monoisotopic (exact) mass is 244 g/mol. The number of aryl methyl sites for hydroxylation is 2. The normalized spacial score (nSPS) is 10.2. The number of hydrogen-bond donors (Lipinski definition) is 0. The fraction of sp³-hybridized carbons (Fsp3) is 0.143. The maximum absolute atomic E-state index is 12.2. The van der Waals surface area contributed by atoms with E-state index in [1.165, 1.54) is 11.3 Å². The molecule has 2 aromatic rings. The topological polar surface area (TPSA) is 34.1 Å². The summed E-state index contributed by atoms with van der Waals surface area (Å²) in [6, 6.07) is 9.15. The summed E-state index contributed by atoms with van der Waals surface area (Å²) in [7, 11) is 0. The van der Waals surface area contributed by atoms with Crippen molar-refractivity contribution in [2.45, 2.75) is 13.8 Å². The van der Waals surface area contributed by atoms with Gasteiger partial charge in [0.2, 0.25) is 5.78 Å². The number of ketones is 1. The van der Waals surface area contributed by atoms with Crippen molar-refractivity contribution in [3.63, 3.8) is 0 Å². The number of carbonyl (C=O) groups excluding carboxylic acids is 2. The van der Waals surface area contributed by atoms with Crippen LogP contribution in [0.15, 0.2) is 30.3 Å². The number of hydrogen-bond acceptors (Lipinski definition) is 3. The van der Waals surface area contributed by atoms with Crippen molar-refractivity contribution in [1.82, 2.24) is 0 Å². The predicted octanol–water partition coefficient (Wildman–Crippen LogP) is 3.41. The van der Waals surface area contributed by atoms with Crippen LogP contribution in [0.3, 0.4) is 0 Å². The molecular formula is C14H12O2S. The predicted molar refractivity (Wildman–Crippen MR) is 69.1 cm³/mol. The molecule has 0 radical (unpaired) electrons. The highest BCUT2D eigenvalue weighted by molar-refractivity contribution is 7.14. The molecule has 0 bridgehead atoms. The molecule has 86 valence electrons. The molecular weight excluding hydrogens is 232 g/mol. The van der Waals surface area contributed by atoms with Gasteiger partial charge >= 0.3 is 0 Å². The Balaban J connectivity index is 2.44. The second-order valence-electron chi connectivity index (χ2n) is 3.88. The van der Waals surface area contributed by atoms with Crippen LogP contribution in [0, 0.1) is 13.8 Å². The second kappa shape index (κ2) is 4.63. The van der Waals surface area contributed by atoms with E-state index < -0.39 is 0 Å². The minimum absolute atomic E-state index is 0.00991. The summed E-state index contributed by atoms with van der Waals surface area (Å²) in [5, 5.41) is 0. The van der Waals surface area contributed by atoms with E-state index >= 15 is 0 Å². The third kappa shape index (κ3) is 2.19. The Morgan fingerprint density at radius 2 is 1.94 bits per heavy atom. The maximum Gasteiger partial charge on any atom is 0.203 e. The Bertz CT molecular complexity index is 582. The van der Waals surface area contributed by atoms with Gasteiger partial charge in [0, 0.05) is 16.0 Å². The molecule has 2 rings (SSSR count). The van der Waals surface area contributed by atoms with Gasteiger partial charge in [0.15, 0.2) is 6.29 Å². The molecule has 17 heavy (non-hydrogen) atoms. The molecule has 3 heteroatoms. The van der Waals surface area contributed by atoms with E-state index in [0.29, 0.717) is 16.0 Å². The van der Waals surface area contributed by atoms with Gasteiger partial charge in [0.05, 0.1) is 4.88 Å². The second-order valence-corrected chi connectivity index (χ2v) is 5.14. The van der Waals surface area contributed by atoms with Crippen LogP contribution in [0.5, 0.6) is 0 Å². The molecule has 0 aliphatic heterocycles. The molecule has 0 atom stereocenters. The largest absolute Gasteiger partial charge is 0.298 e. The minimum Gasteiger partial charge on any atom is -0.298 e.